The summed E-state index contributed by atoms with van der Waals surface area (Å²) in [7, 11) is 1.48. The summed E-state index contributed by atoms with van der Waals surface area (Å²) in [4.78, 5) is 15.0. The number of aromatic nitrogens is 1. The zero-order valence-electron chi connectivity index (χ0n) is 12.6. The smallest absolute Gasteiger partial charge is 0.428 e. The van der Waals surface area contributed by atoms with Crippen molar-refractivity contribution >= 4 is 11.8 Å². The Morgan fingerprint density at radius 3 is 2.78 bits per heavy atom. The van der Waals surface area contributed by atoms with Crippen molar-refractivity contribution in [2.24, 2.45) is 5.10 Å². The van der Waals surface area contributed by atoms with Gasteiger partial charge in [0.25, 0.3) is 0 Å². The summed E-state index contributed by atoms with van der Waals surface area (Å²) >= 11 is 0. The average molecular weight is 331 g/mol. The molecule has 6 nitrogen and oxygen atoms in total. The van der Waals surface area contributed by atoms with Gasteiger partial charge in [0.15, 0.2) is 0 Å². The van der Waals surface area contributed by atoms with Crippen LogP contribution in [-0.2, 0) is 22.1 Å². The van der Waals surface area contributed by atoms with Crippen molar-refractivity contribution < 1.29 is 27.4 Å². The van der Waals surface area contributed by atoms with Crippen LogP contribution in [0, 0.1) is 0 Å². The third kappa shape index (κ3) is 4.19. The highest BCUT2D eigenvalue weighted by Crippen LogP contribution is 2.32. The van der Waals surface area contributed by atoms with Gasteiger partial charge in [-0.15, -0.1) is 0 Å². The van der Waals surface area contributed by atoms with E-state index < -0.39 is 23.9 Å². The van der Waals surface area contributed by atoms with Crippen LogP contribution in [0.4, 0.5) is 18.0 Å². The Bertz CT molecular complexity index is 617. The number of hydrogen-bond acceptors (Lipinski definition) is 5. The molecule has 0 saturated carbocycles. The Hall–Kier alpha value is -2.16. The molecule has 0 aliphatic carbocycles. The second-order valence-corrected chi connectivity index (χ2v) is 4.97. The van der Waals surface area contributed by atoms with E-state index >= 15 is 0 Å². The molecular weight excluding hydrogens is 315 g/mol. The molecule has 1 atom stereocenters. The Kier molecular flexibility index (Phi) is 5.19. The van der Waals surface area contributed by atoms with Gasteiger partial charge in [0.2, 0.25) is 0 Å². The van der Waals surface area contributed by atoms with Crippen molar-refractivity contribution in [2.75, 3.05) is 13.7 Å². The molecule has 2 heterocycles. The predicted molar refractivity (Wildman–Crippen MR) is 75.1 cm³/mol. The molecule has 0 saturated heterocycles. The van der Waals surface area contributed by atoms with E-state index in [9.17, 15) is 18.0 Å². The van der Waals surface area contributed by atoms with E-state index in [-0.39, 0.29) is 23.4 Å². The fraction of sp³-hybridized carbons (Fsp3) is 0.500. The van der Waals surface area contributed by atoms with Crippen LogP contribution in [0.1, 0.15) is 30.2 Å². The van der Waals surface area contributed by atoms with Gasteiger partial charge in [-0.3, -0.25) is 4.98 Å². The molecule has 126 valence electrons. The maximum atomic E-state index is 13.3. The number of methoxy groups -OCH3 is 1. The van der Waals surface area contributed by atoms with Crippen LogP contribution < -0.4 is 5.43 Å². The molecule has 1 aliphatic heterocycles. The lowest BCUT2D eigenvalue weighted by Gasteiger charge is -2.21. The van der Waals surface area contributed by atoms with Gasteiger partial charge in [-0.05, 0) is 25.8 Å². The Morgan fingerprint density at radius 2 is 2.17 bits per heavy atom. The number of nitrogens with zero attached hydrogens (tertiary/aromatic N) is 2. The number of amides is 1. The molecule has 1 aliphatic rings. The van der Waals surface area contributed by atoms with Crippen LogP contribution in [-0.4, -0.2) is 36.6 Å². The van der Waals surface area contributed by atoms with Crippen molar-refractivity contribution in [3.63, 3.8) is 0 Å². The summed E-state index contributed by atoms with van der Waals surface area (Å²) in [5, 5.41) is 3.75. The van der Waals surface area contributed by atoms with Crippen LogP contribution in [0.25, 0.3) is 0 Å². The third-order valence-electron chi connectivity index (χ3n) is 3.27. The molecule has 2 rings (SSSR count). The summed E-state index contributed by atoms with van der Waals surface area (Å²) in [6, 6.07) is 0.977. The summed E-state index contributed by atoms with van der Waals surface area (Å²) in [6.45, 7) is 1.88. The first kappa shape index (κ1) is 17.2. The van der Waals surface area contributed by atoms with E-state index in [1.54, 1.807) is 0 Å². The zero-order valence-corrected chi connectivity index (χ0v) is 12.6. The van der Waals surface area contributed by atoms with E-state index in [1.807, 2.05) is 0 Å². The average Bonchev–Trinajstić information content (AvgIpc) is 2.47. The Balaban J connectivity index is 2.35. The third-order valence-corrected chi connectivity index (χ3v) is 3.27. The van der Waals surface area contributed by atoms with Crippen molar-refractivity contribution in [2.45, 2.75) is 32.0 Å². The first-order chi connectivity index (χ1) is 10.8. The number of carbonyl (C=O) groups is 1. The number of rotatable bonds is 5. The number of hydrogen-bond donors (Lipinski definition) is 1. The summed E-state index contributed by atoms with van der Waals surface area (Å²) in [5.74, 6) is 0. The molecule has 9 heteroatoms. The zero-order chi connectivity index (χ0) is 17.0. The van der Waals surface area contributed by atoms with E-state index in [0.29, 0.717) is 13.0 Å². The minimum Gasteiger partial charge on any atom is -0.439 e. The van der Waals surface area contributed by atoms with Crippen molar-refractivity contribution in [3.05, 3.63) is 29.1 Å². The van der Waals surface area contributed by atoms with Gasteiger partial charge < -0.3 is 9.47 Å². The molecule has 1 aromatic heterocycles. The normalized spacial score (nSPS) is 18.2. The fourth-order valence-corrected chi connectivity index (χ4v) is 2.20. The van der Waals surface area contributed by atoms with Gasteiger partial charge in [-0.2, -0.15) is 18.3 Å². The molecule has 23 heavy (non-hydrogen) atoms. The Morgan fingerprint density at radius 1 is 1.43 bits per heavy atom. The van der Waals surface area contributed by atoms with Crippen molar-refractivity contribution in [1.82, 2.24) is 10.4 Å². The number of pyridine rings is 1. The largest absolute Gasteiger partial charge is 0.439 e. The molecule has 1 amide bonds. The number of aryl methyl sites for hydroxylation is 1. The number of nitrogens with one attached hydrogen (secondary N) is 1. The minimum atomic E-state index is -4.53. The number of halogens is 3. The molecule has 0 bridgehead atoms. The SMILES string of the molecule is COCCCc1ncc(C2=NNC(=O)OC2C)cc1C(F)(F)F. The van der Waals surface area contributed by atoms with Gasteiger partial charge in [-0.1, -0.05) is 0 Å². The van der Waals surface area contributed by atoms with Crippen molar-refractivity contribution in [3.8, 4) is 0 Å². The van der Waals surface area contributed by atoms with Gasteiger partial charge in [-0.25, -0.2) is 10.2 Å². The highest BCUT2D eigenvalue weighted by molar-refractivity contribution is 6.05. The van der Waals surface area contributed by atoms with Crippen LogP contribution in [0.15, 0.2) is 17.4 Å². The fourth-order valence-electron chi connectivity index (χ4n) is 2.20. The van der Waals surface area contributed by atoms with E-state index in [4.69, 9.17) is 9.47 Å². The van der Waals surface area contributed by atoms with E-state index in [1.165, 1.54) is 20.2 Å². The lowest BCUT2D eigenvalue weighted by Crippen LogP contribution is -2.37. The highest BCUT2D eigenvalue weighted by atomic mass is 19.4. The summed E-state index contributed by atoms with van der Waals surface area (Å²) < 4.78 is 49.5. The first-order valence-corrected chi connectivity index (χ1v) is 6.92. The highest BCUT2D eigenvalue weighted by Gasteiger charge is 2.35. The minimum absolute atomic E-state index is 0.0488. The second-order valence-electron chi connectivity index (χ2n) is 4.97. The van der Waals surface area contributed by atoms with Gasteiger partial charge in [0, 0.05) is 25.5 Å². The number of hydrazone groups is 1. The molecule has 0 radical (unpaired) electrons. The monoisotopic (exact) mass is 331 g/mol. The van der Waals surface area contributed by atoms with Crippen LogP contribution in [0.5, 0.6) is 0 Å². The predicted octanol–water partition coefficient (Wildman–Crippen LogP) is 2.51. The van der Waals surface area contributed by atoms with Gasteiger partial charge >= 0.3 is 12.3 Å². The molecule has 1 aromatic rings. The molecular formula is C14H16F3N3O3. The van der Waals surface area contributed by atoms with Crippen molar-refractivity contribution in [1.29, 1.82) is 0 Å². The Labute approximate surface area is 130 Å². The lowest BCUT2D eigenvalue weighted by molar-refractivity contribution is -0.138. The molecule has 1 N–H and O–H groups in total. The molecule has 0 fully saturated rings. The van der Waals surface area contributed by atoms with Gasteiger partial charge in [0.05, 0.1) is 11.3 Å². The van der Waals surface area contributed by atoms with Crippen LogP contribution in [0.2, 0.25) is 0 Å². The molecule has 0 aromatic carbocycles. The standard InChI is InChI=1S/C14H16F3N3O3/c1-8-12(19-20-13(21)23-8)9-6-10(14(15,16)17)11(18-7-9)4-3-5-22-2/h6-8H,3-5H2,1-2H3,(H,20,21). The maximum absolute atomic E-state index is 13.3. The second kappa shape index (κ2) is 6.95. The number of alkyl halides is 3. The number of carbonyl (C=O) groups excluding carboxylic acids is 1. The van der Waals surface area contributed by atoms with Crippen LogP contribution in [0.3, 0.4) is 0 Å². The molecule has 0 spiro atoms. The summed E-state index contributed by atoms with van der Waals surface area (Å²) in [5.41, 5.74) is 1.55. The summed E-state index contributed by atoms with van der Waals surface area (Å²) in [6.07, 6.45) is -4.16. The number of cyclic esters (lactones) is 1. The van der Waals surface area contributed by atoms with E-state index in [2.05, 4.69) is 15.5 Å². The molecule has 1 unspecified atom stereocenters. The quantitative estimate of drug-likeness (QED) is 0.842. The van der Waals surface area contributed by atoms with Gasteiger partial charge in [0.1, 0.15) is 11.8 Å². The van der Waals surface area contributed by atoms with E-state index in [0.717, 1.165) is 6.07 Å². The number of ether oxygens (including phenoxy) is 2. The maximum Gasteiger partial charge on any atom is 0.428 e. The topological polar surface area (TPSA) is 72.8 Å². The lowest BCUT2D eigenvalue weighted by atomic mass is 10.0. The first-order valence-electron chi connectivity index (χ1n) is 6.92. The van der Waals surface area contributed by atoms with Crippen LogP contribution >= 0.6 is 0 Å².